The maximum absolute atomic E-state index is 14.5. The smallest absolute Gasteiger partial charge is 0.334 e. The predicted molar refractivity (Wildman–Crippen MR) is 131 cm³/mol. The Morgan fingerprint density at radius 3 is 2.53 bits per heavy atom. The number of aromatic nitrogens is 4. The fourth-order valence-corrected chi connectivity index (χ4v) is 4.03. The molecule has 2 aromatic carbocycles. The zero-order chi connectivity index (χ0) is 27.0. The molecule has 1 aliphatic heterocycles. The number of hydrogen-bond donors (Lipinski definition) is 3. The van der Waals surface area contributed by atoms with Crippen molar-refractivity contribution in [1.29, 1.82) is 0 Å². The molecule has 0 saturated carbocycles. The van der Waals surface area contributed by atoms with Gasteiger partial charge in [0, 0.05) is 30.3 Å². The molecule has 196 valence electrons. The molecular formula is C25H21F4N7O2. The van der Waals surface area contributed by atoms with Crippen molar-refractivity contribution in [2.24, 2.45) is 0 Å². The number of nitrogens with one attached hydrogen (secondary N) is 3. The summed E-state index contributed by atoms with van der Waals surface area (Å²) in [4.78, 5) is 27.1. The van der Waals surface area contributed by atoms with Crippen LogP contribution < -0.4 is 16.2 Å². The summed E-state index contributed by atoms with van der Waals surface area (Å²) in [7, 11) is 2.01. The minimum atomic E-state index is -4.54. The molecule has 38 heavy (non-hydrogen) atoms. The van der Waals surface area contributed by atoms with Crippen LogP contribution in [0.25, 0.3) is 11.3 Å². The number of rotatable bonds is 5. The molecular weight excluding hydrogens is 506 g/mol. The Morgan fingerprint density at radius 1 is 1.03 bits per heavy atom. The van der Waals surface area contributed by atoms with E-state index in [4.69, 9.17) is 0 Å². The summed E-state index contributed by atoms with van der Waals surface area (Å²) < 4.78 is 54.7. The van der Waals surface area contributed by atoms with Gasteiger partial charge >= 0.3 is 6.18 Å². The van der Waals surface area contributed by atoms with E-state index in [-0.39, 0.29) is 22.6 Å². The summed E-state index contributed by atoms with van der Waals surface area (Å²) >= 11 is 0. The van der Waals surface area contributed by atoms with E-state index < -0.39 is 29.0 Å². The van der Waals surface area contributed by atoms with Crippen molar-refractivity contribution in [3.63, 3.8) is 0 Å². The molecule has 0 bridgehead atoms. The van der Waals surface area contributed by atoms with Crippen molar-refractivity contribution < 1.29 is 22.4 Å². The topological polar surface area (TPSA) is 108 Å². The molecule has 1 amide bonds. The van der Waals surface area contributed by atoms with E-state index in [1.54, 1.807) is 0 Å². The van der Waals surface area contributed by atoms with E-state index in [0.717, 1.165) is 55.7 Å². The fraction of sp³-hybridized carbons (Fsp3) is 0.200. The van der Waals surface area contributed by atoms with Crippen molar-refractivity contribution in [3.8, 4) is 11.3 Å². The number of nitrogens with zero attached hydrogens (tertiary/aromatic N) is 4. The summed E-state index contributed by atoms with van der Waals surface area (Å²) in [6.45, 7) is 2.31. The second-order valence-electron chi connectivity index (χ2n) is 8.83. The van der Waals surface area contributed by atoms with Crippen LogP contribution >= 0.6 is 0 Å². The second-order valence-corrected chi connectivity index (χ2v) is 8.83. The van der Waals surface area contributed by atoms with Gasteiger partial charge in [-0.25, -0.2) is 9.49 Å². The monoisotopic (exact) mass is 527 g/mol. The molecule has 0 unspecified atom stereocenters. The lowest BCUT2D eigenvalue weighted by atomic mass is 10.1. The molecule has 5 rings (SSSR count). The number of amides is 1. The number of carbonyl (C=O) groups is 1. The molecule has 2 aromatic heterocycles. The number of anilines is 3. The maximum Gasteiger partial charge on any atom is 0.416 e. The lowest BCUT2D eigenvalue weighted by molar-refractivity contribution is -0.137. The van der Waals surface area contributed by atoms with Crippen LogP contribution in [0.5, 0.6) is 0 Å². The number of aromatic amines is 1. The molecule has 0 fully saturated rings. The minimum absolute atomic E-state index is 0.0783. The van der Waals surface area contributed by atoms with Gasteiger partial charge < -0.3 is 10.6 Å². The normalized spacial score (nSPS) is 13.7. The molecule has 3 N–H and O–H groups in total. The van der Waals surface area contributed by atoms with Crippen molar-refractivity contribution >= 4 is 23.1 Å². The van der Waals surface area contributed by atoms with Crippen LogP contribution in [0.1, 0.15) is 21.6 Å². The van der Waals surface area contributed by atoms with Gasteiger partial charge in [-0.05, 0) is 55.6 Å². The Morgan fingerprint density at radius 2 is 1.79 bits per heavy atom. The van der Waals surface area contributed by atoms with E-state index >= 15 is 0 Å². The largest absolute Gasteiger partial charge is 0.416 e. The van der Waals surface area contributed by atoms with Gasteiger partial charge in [0.25, 0.3) is 11.5 Å². The molecule has 0 aliphatic carbocycles. The molecule has 0 radical (unpaired) electrons. The molecule has 3 heterocycles. The van der Waals surface area contributed by atoms with Crippen LogP contribution in [0.2, 0.25) is 0 Å². The average molecular weight is 527 g/mol. The van der Waals surface area contributed by atoms with Gasteiger partial charge in [0.1, 0.15) is 11.5 Å². The van der Waals surface area contributed by atoms with Crippen LogP contribution in [-0.2, 0) is 19.3 Å². The van der Waals surface area contributed by atoms with Crippen molar-refractivity contribution in [3.05, 3.63) is 87.6 Å². The van der Waals surface area contributed by atoms with Crippen LogP contribution in [0, 0.1) is 5.82 Å². The standard InChI is InChI=1S/C25H21F4N7O2/c1-35-8-9-36-17(13-35)11-22(34-36)30-21-12-19(32-33-24(21)38)15-4-7-18(26)20(10-15)31-23(37)14-2-5-16(6-3-14)25(27,28)29/h2-7,10-12H,8-9,13H2,1H3,(H,31,37)(H,33,38)(H,30,32,34). The van der Waals surface area contributed by atoms with Gasteiger partial charge in [-0.3, -0.25) is 19.2 Å². The van der Waals surface area contributed by atoms with Gasteiger partial charge in [-0.1, -0.05) is 0 Å². The number of carbonyl (C=O) groups excluding carboxylic acids is 1. The summed E-state index contributed by atoms with van der Waals surface area (Å²) in [5.74, 6) is -1.06. The minimum Gasteiger partial charge on any atom is -0.334 e. The van der Waals surface area contributed by atoms with E-state index in [1.807, 2.05) is 17.8 Å². The quantitative estimate of drug-likeness (QED) is 0.336. The third-order valence-corrected chi connectivity index (χ3v) is 6.04. The zero-order valence-electron chi connectivity index (χ0n) is 19.9. The van der Waals surface area contributed by atoms with Crippen molar-refractivity contribution in [2.45, 2.75) is 19.3 Å². The average Bonchev–Trinajstić information content (AvgIpc) is 3.27. The highest BCUT2D eigenvalue weighted by molar-refractivity contribution is 6.04. The van der Waals surface area contributed by atoms with Gasteiger partial charge in [-0.15, -0.1) is 0 Å². The van der Waals surface area contributed by atoms with Crippen molar-refractivity contribution in [1.82, 2.24) is 24.9 Å². The Balaban J connectivity index is 1.37. The molecule has 4 aromatic rings. The number of halogens is 4. The van der Waals surface area contributed by atoms with Crippen LogP contribution in [0.4, 0.5) is 34.8 Å². The Labute approximate surface area is 213 Å². The van der Waals surface area contributed by atoms with Gasteiger partial charge in [0.2, 0.25) is 0 Å². The molecule has 0 saturated heterocycles. The van der Waals surface area contributed by atoms with Gasteiger partial charge in [0.15, 0.2) is 5.82 Å². The molecule has 0 spiro atoms. The first-order chi connectivity index (χ1) is 18.1. The lowest BCUT2D eigenvalue weighted by Gasteiger charge is -2.22. The molecule has 9 nitrogen and oxygen atoms in total. The number of likely N-dealkylation sites (N-methyl/N-ethyl adjacent to an activating group) is 1. The Hall–Kier alpha value is -4.52. The van der Waals surface area contributed by atoms with E-state index in [9.17, 15) is 27.2 Å². The number of hydrogen-bond acceptors (Lipinski definition) is 6. The number of alkyl halides is 3. The molecule has 0 atom stereocenters. The van der Waals surface area contributed by atoms with Gasteiger partial charge in [-0.2, -0.15) is 23.4 Å². The highest BCUT2D eigenvalue weighted by atomic mass is 19.4. The second kappa shape index (κ2) is 9.74. The van der Waals surface area contributed by atoms with Crippen LogP contribution in [-0.4, -0.2) is 44.4 Å². The van der Waals surface area contributed by atoms with E-state index in [1.165, 1.54) is 18.2 Å². The van der Waals surface area contributed by atoms with E-state index in [0.29, 0.717) is 11.4 Å². The SMILES string of the molecule is CN1CCn2nc(Nc3cc(-c4ccc(F)c(NC(=O)c5ccc(C(F)(F)F)cc5)c4)n[nH]c3=O)cc2C1. The van der Waals surface area contributed by atoms with Crippen molar-refractivity contribution in [2.75, 3.05) is 24.2 Å². The highest BCUT2D eigenvalue weighted by Gasteiger charge is 2.30. The first-order valence-electron chi connectivity index (χ1n) is 11.5. The number of fused-ring (bicyclic) bond motifs is 1. The van der Waals surface area contributed by atoms with E-state index in [2.05, 4.69) is 30.8 Å². The Kier molecular flexibility index (Phi) is 6.45. The first kappa shape index (κ1) is 25.1. The number of benzene rings is 2. The molecule has 13 heteroatoms. The number of H-pyrrole nitrogens is 1. The summed E-state index contributed by atoms with van der Waals surface area (Å²) in [5, 5.41) is 16.2. The predicted octanol–water partition coefficient (Wildman–Crippen LogP) is 4.23. The Bertz CT molecular complexity index is 1560. The molecule has 1 aliphatic rings. The third-order valence-electron chi connectivity index (χ3n) is 6.04. The van der Waals surface area contributed by atoms with Crippen LogP contribution in [0.3, 0.4) is 0 Å². The third kappa shape index (κ3) is 5.27. The zero-order valence-corrected chi connectivity index (χ0v) is 19.9. The van der Waals surface area contributed by atoms with Crippen LogP contribution in [0.15, 0.2) is 59.4 Å². The lowest BCUT2D eigenvalue weighted by Crippen LogP contribution is -2.30. The maximum atomic E-state index is 14.5. The highest BCUT2D eigenvalue weighted by Crippen LogP contribution is 2.30. The summed E-state index contributed by atoms with van der Waals surface area (Å²) in [5.41, 5.74) is 0.136. The first-order valence-corrected chi connectivity index (χ1v) is 11.5. The summed E-state index contributed by atoms with van der Waals surface area (Å²) in [6.07, 6.45) is -4.54. The summed E-state index contributed by atoms with van der Waals surface area (Å²) in [6, 6.07) is 10.7. The fourth-order valence-electron chi connectivity index (χ4n) is 4.03. The van der Waals surface area contributed by atoms with Gasteiger partial charge in [0.05, 0.1) is 29.2 Å².